The van der Waals surface area contributed by atoms with E-state index in [9.17, 15) is 4.79 Å². The molecule has 1 aliphatic heterocycles. The fourth-order valence-corrected chi connectivity index (χ4v) is 3.22. The van der Waals surface area contributed by atoms with Gasteiger partial charge in [-0.15, -0.1) is 10.2 Å². The lowest BCUT2D eigenvalue weighted by molar-refractivity contribution is 0.0294. The van der Waals surface area contributed by atoms with Gasteiger partial charge in [-0.3, -0.25) is 4.79 Å². The maximum absolute atomic E-state index is 12.9. The van der Waals surface area contributed by atoms with Gasteiger partial charge in [0.05, 0.1) is 27.4 Å². The Morgan fingerprint density at radius 1 is 0.833 bits per heavy atom. The molecule has 0 aliphatic carbocycles. The van der Waals surface area contributed by atoms with Gasteiger partial charge in [-0.25, -0.2) is 4.98 Å². The van der Waals surface area contributed by atoms with E-state index in [1.54, 1.807) is 19.1 Å². The third-order valence-corrected chi connectivity index (χ3v) is 4.90. The summed E-state index contributed by atoms with van der Waals surface area (Å²) in [5.74, 6) is 1.29. The van der Waals surface area contributed by atoms with Gasteiger partial charge in [-0.05, 0) is 48.5 Å². The average Bonchev–Trinajstić information content (AvgIpc) is 2.84. The second kappa shape index (κ2) is 8.87. The third-order valence-electron chi connectivity index (χ3n) is 4.90. The molecule has 154 valence electrons. The Balaban J connectivity index is 1.77. The molecule has 0 radical (unpaired) electrons. The topological polar surface area (TPSA) is 86.7 Å². The van der Waals surface area contributed by atoms with Crippen molar-refractivity contribution in [1.82, 2.24) is 20.1 Å². The second-order valence-electron chi connectivity index (χ2n) is 6.69. The molecule has 8 heteroatoms. The van der Waals surface area contributed by atoms with Gasteiger partial charge in [-0.1, -0.05) is 0 Å². The van der Waals surface area contributed by atoms with Gasteiger partial charge < -0.3 is 19.1 Å². The van der Waals surface area contributed by atoms with Crippen LogP contribution in [0.25, 0.3) is 22.5 Å². The molecule has 1 saturated heterocycles. The fraction of sp³-hybridized carbons (Fsp3) is 0.273. The van der Waals surface area contributed by atoms with Crippen LogP contribution in [0.1, 0.15) is 10.6 Å². The number of nitrogens with zero attached hydrogens (tertiary/aromatic N) is 4. The van der Waals surface area contributed by atoms with E-state index >= 15 is 0 Å². The van der Waals surface area contributed by atoms with Crippen LogP contribution in [-0.2, 0) is 4.74 Å². The van der Waals surface area contributed by atoms with E-state index in [-0.39, 0.29) is 11.7 Å². The molecule has 0 spiro atoms. The average molecular weight is 406 g/mol. The molecule has 4 rings (SSSR count). The minimum Gasteiger partial charge on any atom is -0.497 e. The molecule has 0 saturated carbocycles. The lowest BCUT2D eigenvalue weighted by Gasteiger charge is -2.26. The van der Waals surface area contributed by atoms with Crippen LogP contribution < -0.4 is 9.47 Å². The molecule has 8 nitrogen and oxygen atoms in total. The molecule has 0 unspecified atom stereocenters. The number of morpholine rings is 1. The third kappa shape index (κ3) is 4.08. The number of rotatable bonds is 5. The van der Waals surface area contributed by atoms with E-state index in [0.717, 1.165) is 22.6 Å². The Bertz CT molecular complexity index is 1020. The van der Waals surface area contributed by atoms with Crippen molar-refractivity contribution < 1.29 is 19.0 Å². The van der Waals surface area contributed by atoms with Gasteiger partial charge >= 0.3 is 0 Å². The molecule has 1 aliphatic rings. The summed E-state index contributed by atoms with van der Waals surface area (Å²) in [5.41, 5.74) is 2.80. The summed E-state index contributed by atoms with van der Waals surface area (Å²) in [6, 6.07) is 14.9. The number of aromatic nitrogens is 3. The maximum Gasteiger partial charge on any atom is 0.293 e. The predicted octanol–water partition coefficient (Wildman–Crippen LogP) is 2.70. The lowest BCUT2D eigenvalue weighted by Crippen LogP contribution is -2.41. The van der Waals surface area contributed by atoms with Crippen LogP contribution in [0.4, 0.5) is 0 Å². The Hall–Kier alpha value is -3.52. The first-order valence-corrected chi connectivity index (χ1v) is 9.60. The summed E-state index contributed by atoms with van der Waals surface area (Å²) < 4.78 is 15.8. The Morgan fingerprint density at radius 2 is 1.37 bits per heavy atom. The number of amides is 1. The van der Waals surface area contributed by atoms with Crippen molar-refractivity contribution >= 4 is 5.91 Å². The lowest BCUT2D eigenvalue weighted by atomic mass is 10.0. The first-order chi connectivity index (χ1) is 14.7. The Labute approximate surface area is 174 Å². The van der Waals surface area contributed by atoms with Gasteiger partial charge in [-0.2, -0.15) is 0 Å². The summed E-state index contributed by atoms with van der Waals surface area (Å²) in [6.45, 7) is 2.05. The van der Waals surface area contributed by atoms with Crippen LogP contribution in [0.3, 0.4) is 0 Å². The molecular formula is C22H22N4O4. The number of methoxy groups -OCH3 is 2. The standard InChI is InChI=1S/C22H22N4O4/c1-28-17-7-3-15(4-8-17)19-20(16-5-9-18(29-2)10-6-16)24-25-21(23-19)22(27)26-11-13-30-14-12-26/h3-10H,11-14H2,1-2H3. The number of ether oxygens (including phenoxy) is 3. The smallest absolute Gasteiger partial charge is 0.293 e. The molecule has 0 N–H and O–H groups in total. The Morgan fingerprint density at radius 3 is 1.90 bits per heavy atom. The van der Waals surface area contributed by atoms with Crippen molar-refractivity contribution in [2.75, 3.05) is 40.5 Å². The zero-order valence-corrected chi connectivity index (χ0v) is 16.9. The second-order valence-corrected chi connectivity index (χ2v) is 6.69. The minimum absolute atomic E-state index is 0.0694. The monoisotopic (exact) mass is 406 g/mol. The van der Waals surface area contributed by atoms with Gasteiger partial charge in [0.15, 0.2) is 0 Å². The van der Waals surface area contributed by atoms with Gasteiger partial charge in [0.2, 0.25) is 5.82 Å². The van der Waals surface area contributed by atoms with Crippen LogP contribution in [0.2, 0.25) is 0 Å². The number of hydrogen-bond acceptors (Lipinski definition) is 7. The molecule has 2 aromatic carbocycles. The van der Waals surface area contributed by atoms with Crippen LogP contribution in [0.15, 0.2) is 48.5 Å². The highest BCUT2D eigenvalue weighted by Crippen LogP contribution is 2.30. The molecule has 1 fully saturated rings. The van der Waals surface area contributed by atoms with Crippen molar-refractivity contribution in [3.63, 3.8) is 0 Å². The minimum atomic E-state index is -0.248. The van der Waals surface area contributed by atoms with Crippen LogP contribution >= 0.6 is 0 Å². The zero-order valence-electron chi connectivity index (χ0n) is 16.9. The summed E-state index contributed by atoms with van der Waals surface area (Å²) in [5, 5.41) is 8.52. The molecule has 0 atom stereocenters. The van der Waals surface area contributed by atoms with Crippen molar-refractivity contribution in [2.24, 2.45) is 0 Å². The number of hydrogen-bond donors (Lipinski definition) is 0. The summed E-state index contributed by atoms with van der Waals surface area (Å²) in [4.78, 5) is 19.2. The van der Waals surface area contributed by atoms with Gasteiger partial charge in [0.25, 0.3) is 5.91 Å². The van der Waals surface area contributed by atoms with E-state index in [0.29, 0.717) is 37.7 Å². The van der Waals surface area contributed by atoms with E-state index in [2.05, 4.69) is 15.2 Å². The van der Waals surface area contributed by atoms with Crippen molar-refractivity contribution in [3.8, 4) is 34.0 Å². The molecule has 0 bridgehead atoms. The highest BCUT2D eigenvalue weighted by Gasteiger charge is 2.23. The van der Waals surface area contributed by atoms with Crippen molar-refractivity contribution in [2.45, 2.75) is 0 Å². The number of carbonyl (C=O) groups is 1. The highest BCUT2D eigenvalue weighted by atomic mass is 16.5. The number of carbonyl (C=O) groups excluding carboxylic acids is 1. The molecular weight excluding hydrogens is 384 g/mol. The largest absolute Gasteiger partial charge is 0.497 e. The fourth-order valence-electron chi connectivity index (χ4n) is 3.22. The first kappa shape index (κ1) is 19.8. The Kier molecular flexibility index (Phi) is 5.85. The SMILES string of the molecule is COc1ccc(-c2nnc(C(=O)N3CCOCC3)nc2-c2ccc(OC)cc2)cc1. The molecule has 1 amide bonds. The zero-order chi connectivity index (χ0) is 20.9. The summed E-state index contributed by atoms with van der Waals surface area (Å²) >= 11 is 0. The van der Waals surface area contributed by atoms with Crippen LogP contribution in [0, 0.1) is 0 Å². The van der Waals surface area contributed by atoms with Gasteiger partial charge in [0, 0.05) is 24.2 Å². The molecule has 30 heavy (non-hydrogen) atoms. The van der Waals surface area contributed by atoms with Crippen molar-refractivity contribution in [1.29, 1.82) is 0 Å². The molecule has 3 aromatic rings. The molecule has 1 aromatic heterocycles. The van der Waals surface area contributed by atoms with Crippen molar-refractivity contribution in [3.05, 3.63) is 54.4 Å². The normalized spacial score (nSPS) is 13.7. The highest BCUT2D eigenvalue weighted by molar-refractivity contribution is 5.91. The van der Waals surface area contributed by atoms with E-state index in [4.69, 9.17) is 14.2 Å². The molecule has 2 heterocycles. The summed E-state index contributed by atoms with van der Waals surface area (Å²) in [6.07, 6.45) is 0. The van der Waals surface area contributed by atoms with Crippen LogP contribution in [-0.4, -0.2) is 66.5 Å². The van der Waals surface area contributed by atoms with E-state index in [1.807, 2.05) is 48.5 Å². The van der Waals surface area contributed by atoms with E-state index in [1.165, 1.54) is 0 Å². The maximum atomic E-state index is 12.9. The van der Waals surface area contributed by atoms with E-state index < -0.39 is 0 Å². The van der Waals surface area contributed by atoms with Gasteiger partial charge in [0.1, 0.15) is 22.9 Å². The number of benzene rings is 2. The predicted molar refractivity (Wildman–Crippen MR) is 111 cm³/mol. The van der Waals surface area contributed by atoms with Crippen LogP contribution in [0.5, 0.6) is 11.5 Å². The quantitative estimate of drug-likeness (QED) is 0.644. The summed E-state index contributed by atoms with van der Waals surface area (Å²) in [7, 11) is 3.23. The first-order valence-electron chi connectivity index (χ1n) is 9.60.